The number of rotatable bonds is 2. The first-order valence-electron chi connectivity index (χ1n) is 6.77. The van der Waals surface area contributed by atoms with Gasteiger partial charge in [-0.25, -0.2) is 0 Å². The highest BCUT2D eigenvalue weighted by Gasteiger charge is 2.42. The number of nitrogens with zero attached hydrogens (tertiary/aromatic N) is 2. The van der Waals surface area contributed by atoms with Crippen molar-refractivity contribution >= 4 is 5.91 Å². The minimum Gasteiger partial charge on any atom is -0.331 e. The molecule has 3 rings (SSSR count). The van der Waals surface area contributed by atoms with Gasteiger partial charge in [0.25, 0.3) is 0 Å². The molecule has 0 radical (unpaired) electrons. The number of benzene rings is 1. The van der Waals surface area contributed by atoms with Crippen LogP contribution < -0.4 is 5.73 Å². The summed E-state index contributed by atoms with van der Waals surface area (Å²) >= 11 is 0. The third kappa shape index (κ3) is 2.22. The lowest BCUT2D eigenvalue weighted by atomic mass is 9.89. The quantitative estimate of drug-likeness (QED) is 0.874. The van der Waals surface area contributed by atoms with Gasteiger partial charge in [0.2, 0.25) is 5.91 Å². The second kappa shape index (κ2) is 4.67. The maximum absolute atomic E-state index is 12.2. The number of hydrogen-bond donors (Lipinski definition) is 1. The molecule has 4 nitrogen and oxygen atoms in total. The lowest BCUT2D eigenvalue weighted by Gasteiger charge is -2.40. The summed E-state index contributed by atoms with van der Waals surface area (Å²) in [5.74, 6) is 0.205. The minimum atomic E-state index is -0.0675. The molecule has 1 aliphatic carbocycles. The van der Waals surface area contributed by atoms with E-state index in [0.717, 1.165) is 24.8 Å². The largest absolute Gasteiger partial charge is 0.331 e. The molecular formula is C15H17N3O. The summed E-state index contributed by atoms with van der Waals surface area (Å²) in [5.41, 5.74) is 7.86. The molecule has 1 aromatic carbocycles. The van der Waals surface area contributed by atoms with Gasteiger partial charge >= 0.3 is 0 Å². The van der Waals surface area contributed by atoms with Crippen LogP contribution in [0.2, 0.25) is 0 Å². The molecule has 0 bridgehead atoms. The van der Waals surface area contributed by atoms with E-state index in [1.54, 1.807) is 6.07 Å². The van der Waals surface area contributed by atoms with Crippen molar-refractivity contribution in [3.63, 3.8) is 0 Å². The summed E-state index contributed by atoms with van der Waals surface area (Å²) in [6.45, 7) is 0. The summed E-state index contributed by atoms with van der Waals surface area (Å²) in [7, 11) is 0. The average Bonchev–Trinajstić information content (AvgIpc) is 3.25. The highest BCUT2D eigenvalue weighted by atomic mass is 16.2. The Balaban J connectivity index is 1.98. The van der Waals surface area contributed by atoms with Crippen LogP contribution in [0.3, 0.4) is 0 Å². The zero-order chi connectivity index (χ0) is 13.4. The standard InChI is InChI=1S/C15H17N3O/c16-9-10-2-1-3-11(8-10)15-13(17)6-7-14(19)18(15)12-4-5-12/h1-3,8,12-13,15H,4-7,17H2. The van der Waals surface area contributed by atoms with Crippen molar-refractivity contribution in [1.29, 1.82) is 5.26 Å². The molecule has 19 heavy (non-hydrogen) atoms. The Morgan fingerprint density at radius 3 is 2.79 bits per heavy atom. The topological polar surface area (TPSA) is 70.1 Å². The van der Waals surface area contributed by atoms with E-state index in [4.69, 9.17) is 11.0 Å². The van der Waals surface area contributed by atoms with Gasteiger partial charge < -0.3 is 10.6 Å². The Hall–Kier alpha value is -1.86. The van der Waals surface area contributed by atoms with E-state index in [1.807, 2.05) is 23.1 Å². The molecule has 1 heterocycles. The van der Waals surface area contributed by atoms with Crippen LogP contribution in [-0.2, 0) is 4.79 Å². The van der Waals surface area contributed by atoms with Crippen LogP contribution in [0.25, 0.3) is 0 Å². The van der Waals surface area contributed by atoms with Crippen molar-refractivity contribution < 1.29 is 4.79 Å². The molecule has 1 saturated heterocycles. The van der Waals surface area contributed by atoms with Crippen LogP contribution in [-0.4, -0.2) is 22.9 Å². The Morgan fingerprint density at radius 1 is 1.32 bits per heavy atom. The van der Waals surface area contributed by atoms with Gasteiger partial charge in [-0.15, -0.1) is 0 Å². The number of hydrogen-bond acceptors (Lipinski definition) is 3. The minimum absolute atomic E-state index is 0.0350. The normalized spacial score (nSPS) is 27.2. The summed E-state index contributed by atoms with van der Waals surface area (Å²) < 4.78 is 0. The first kappa shape index (κ1) is 12.2. The van der Waals surface area contributed by atoms with E-state index in [2.05, 4.69) is 6.07 Å². The molecule has 4 heteroatoms. The summed E-state index contributed by atoms with van der Waals surface area (Å²) in [5, 5.41) is 9.00. The monoisotopic (exact) mass is 255 g/mol. The van der Waals surface area contributed by atoms with E-state index >= 15 is 0 Å². The number of nitrogens with two attached hydrogens (primary N) is 1. The van der Waals surface area contributed by atoms with Crippen LogP contribution >= 0.6 is 0 Å². The second-order valence-electron chi connectivity index (χ2n) is 5.42. The fourth-order valence-electron chi connectivity index (χ4n) is 2.92. The highest BCUT2D eigenvalue weighted by molar-refractivity contribution is 5.78. The second-order valence-corrected chi connectivity index (χ2v) is 5.42. The summed E-state index contributed by atoms with van der Waals surface area (Å²) in [4.78, 5) is 14.1. The van der Waals surface area contributed by atoms with Crippen molar-refractivity contribution in [2.24, 2.45) is 5.73 Å². The first-order valence-corrected chi connectivity index (χ1v) is 6.77. The number of carbonyl (C=O) groups is 1. The Kier molecular flexibility index (Phi) is 3.00. The van der Waals surface area contributed by atoms with Crippen molar-refractivity contribution in [2.45, 2.75) is 43.8 Å². The fraction of sp³-hybridized carbons (Fsp3) is 0.467. The van der Waals surface area contributed by atoms with E-state index in [-0.39, 0.29) is 18.0 Å². The van der Waals surface area contributed by atoms with Gasteiger partial charge in [0.1, 0.15) is 0 Å². The van der Waals surface area contributed by atoms with Gasteiger partial charge in [-0.05, 0) is 37.0 Å². The van der Waals surface area contributed by atoms with Crippen molar-refractivity contribution in [3.05, 3.63) is 35.4 Å². The molecule has 98 valence electrons. The van der Waals surface area contributed by atoms with E-state index in [1.165, 1.54) is 0 Å². The molecule has 1 saturated carbocycles. The van der Waals surface area contributed by atoms with Crippen LogP contribution in [0.15, 0.2) is 24.3 Å². The summed E-state index contributed by atoms with van der Waals surface area (Å²) in [6.07, 6.45) is 3.43. The highest BCUT2D eigenvalue weighted by Crippen LogP contribution is 2.40. The zero-order valence-corrected chi connectivity index (χ0v) is 10.7. The van der Waals surface area contributed by atoms with Gasteiger partial charge in [-0.1, -0.05) is 12.1 Å². The predicted molar refractivity (Wildman–Crippen MR) is 71.0 cm³/mol. The number of amides is 1. The molecule has 2 unspecified atom stereocenters. The van der Waals surface area contributed by atoms with Crippen LogP contribution in [0.5, 0.6) is 0 Å². The molecule has 2 aliphatic rings. The fourth-order valence-corrected chi connectivity index (χ4v) is 2.92. The smallest absolute Gasteiger partial charge is 0.223 e. The van der Waals surface area contributed by atoms with Gasteiger partial charge in [0.15, 0.2) is 0 Å². The summed E-state index contributed by atoms with van der Waals surface area (Å²) in [6, 6.07) is 9.88. The van der Waals surface area contributed by atoms with E-state index in [0.29, 0.717) is 18.0 Å². The molecule has 2 fully saturated rings. The molecule has 2 N–H and O–H groups in total. The first-order chi connectivity index (χ1) is 9.20. The zero-order valence-electron chi connectivity index (χ0n) is 10.7. The van der Waals surface area contributed by atoms with Crippen LogP contribution in [0, 0.1) is 11.3 Å². The maximum Gasteiger partial charge on any atom is 0.223 e. The van der Waals surface area contributed by atoms with E-state index < -0.39 is 0 Å². The Bertz CT molecular complexity index is 545. The lowest BCUT2D eigenvalue weighted by molar-refractivity contribution is -0.138. The van der Waals surface area contributed by atoms with Gasteiger partial charge in [0.05, 0.1) is 17.7 Å². The van der Waals surface area contributed by atoms with Crippen molar-refractivity contribution in [1.82, 2.24) is 4.90 Å². The Labute approximate surface area is 112 Å². The molecular weight excluding hydrogens is 238 g/mol. The third-order valence-electron chi connectivity index (χ3n) is 3.98. The van der Waals surface area contributed by atoms with Gasteiger partial charge in [-0.3, -0.25) is 4.79 Å². The van der Waals surface area contributed by atoms with Gasteiger partial charge in [0, 0.05) is 18.5 Å². The molecule has 0 aromatic heterocycles. The van der Waals surface area contributed by atoms with Crippen LogP contribution in [0.4, 0.5) is 0 Å². The predicted octanol–water partition coefficient (Wildman–Crippen LogP) is 1.71. The van der Waals surface area contributed by atoms with Gasteiger partial charge in [-0.2, -0.15) is 5.26 Å². The molecule has 2 atom stereocenters. The molecule has 0 spiro atoms. The third-order valence-corrected chi connectivity index (χ3v) is 3.98. The average molecular weight is 255 g/mol. The number of piperidine rings is 1. The van der Waals surface area contributed by atoms with E-state index in [9.17, 15) is 4.79 Å². The van der Waals surface area contributed by atoms with Crippen LogP contribution in [0.1, 0.15) is 42.9 Å². The molecule has 1 aliphatic heterocycles. The number of nitriles is 1. The Morgan fingerprint density at radius 2 is 2.11 bits per heavy atom. The lowest BCUT2D eigenvalue weighted by Crippen LogP contribution is -2.49. The van der Waals surface area contributed by atoms with Crippen molar-refractivity contribution in [3.8, 4) is 6.07 Å². The number of likely N-dealkylation sites (tertiary alicyclic amines) is 1. The maximum atomic E-state index is 12.2. The molecule has 1 aromatic rings. The number of carbonyl (C=O) groups excluding carboxylic acids is 1. The SMILES string of the molecule is N#Cc1cccc(C2C(N)CCC(=O)N2C2CC2)c1. The van der Waals surface area contributed by atoms with Crippen molar-refractivity contribution in [2.75, 3.05) is 0 Å². The molecule has 1 amide bonds.